The summed E-state index contributed by atoms with van der Waals surface area (Å²) in [6, 6.07) is 2.54. The SMILES string of the molecule is CCCCCCCCCCCCCCC(CN(c1cc(F)nc(F)c1)c1nc(C(=O)NC2CCC2(C)C)c(C)s1)OC(C)C. The van der Waals surface area contributed by atoms with Gasteiger partial charge < -0.3 is 15.0 Å². The molecule has 2 heterocycles. The van der Waals surface area contributed by atoms with Crippen molar-refractivity contribution in [1.29, 1.82) is 0 Å². The summed E-state index contributed by atoms with van der Waals surface area (Å²) in [7, 11) is 0. The van der Waals surface area contributed by atoms with E-state index in [1.54, 1.807) is 4.90 Å². The zero-order chi connectivity index (χ0) is 32.1. The Morgan fingerprint density at radius 1 is 1.00 bits per heavy atom. The average molecular weight is 635 g/mol. The average Bonchev–Trinajstić information content (AvgIpc) is 3.34. The van der Waals surface area contributed by atoms with Crippen LogP contribution in [0.25, 0.3) is 0 Å². The quantitative estimate of drug-likeness (QED) is 0.109. The summed E-state index contributed by atoms with van der Waals surface area (Å²) in [6.45, 7) is 12.8. The minimum absolute atomic E-state index is 0.00436. The van der Waals surface area contributed by atoms with Gasteiger partial charge in [-0.3, -0.25) is 4.79 Å². The molecule has 44 heavy (non-hydrogen) atoms. The van der Waals surface area contributed by atoms with E-state index < -0.39 is 11.9 Å². The van der Waals surface area contributed by atoms with Gasteiger partial charge in [-0.1, -0.05) is 97.8 Å². The molecule has 248 valence electrons. The number of hydrogen-bond donors (Lipinski definition) is 1. The van der Waals surface area contributed by atoms with Gasteiger partial charge in [0.2, 0.25) is 11.9 Å². The Balaban J connectivity index is 1.63. The monoisotopic (exact) mass is 634 g/mol. The zero-order valence-corrected chi connectivity index (χ0v) is 28.8. The molecule has 2 atom stereocenters. The van der Waals surface area contributed by atoms with Gasteiger partial charge in [0.25, 0.3) is 5.91 Å². The van der Waals surface area contributed by atoms with Crippen LogP contribution in [0.5, 0.6) is 0 Å². The van der Waals surface area contributed by atoms with Gasteiger partial charge in [0.05, 0.1) is 24.4 Å². The van der Waals surface area contributed by atoms with E-state index in [1.807, 2.05) is 20.8 Å². The summed E-state index contributed by atoms with van der Waals surface area (Å²) in [5.41, 5.74) is 0.730. The number of halogens is 2. The normalized spacial score (nSPS) is 16.6. The van der Waals surface area contributed by atoms with Gasteiger partial charge >= 0.3 is 0 Å². The second-order valence-electron chi connectivity index (χ2n) is 13.5. The molecule has 1 fully saturated rings. The molecular formula is C35H56F2N4O2S. The van der Waals surface area contributed by atoms with E-state index >= 15 is 0 Å². The molecule has 3 rings (SSSR count). The Morgan fingerprint density at radius 3 is 2.07 bits per heavy atom. The van der Waals surface area contributed by atoms with Gasteiger partial charge in [0.15, 0.2) is 5.13 Å². The van der Waals surface area contributed by atoms with Gasteiger partial charge in [-0.15, -0.1) is 11.3 Å². The van der Waals surface area contributed by atoms with Crippen LogP contribution in [0, 0.1) is 24.2 Å². The van der Waals surface area contributed by atoms with Crippen LogP contribution in [0.4, 0.5) is 19.6 Å². The Hall–Kier alpha value is -2.13. The van der Waals surface area contributed by atoms with Gasteiger partial charge in [-0.05, 0) is 45.4 Å². The molecule has 0 bridgehead atoms. The maximum Gasteiger partial charge on any atom is 0.271 e. The molecule has 0 saturated heterocycles. The lowest BCUT2D eigenvalue weighted by molar-refractivity contribution is 0.00740. The van der Waals surface area contributed by atoms with Crippen LogP contribution in [0.15, 0.2) is 12.1 Å². The molecule has 1 aliphatic carbocycles. The fourth-order valence-corrected chi connectivity index (χ4v) is 6.91. The number of pyridine rings is 1. The third-order valence-electron chi connectivity index (χ3n) is 8.85. The van der Waals surface area contributed by atoms with Gasteiger partial charge in [0.1, 0.15) is 5.69 Å². The summed E-state index contributed by atoms with van der Waals surface area (Å²) >= 11 is 1.35. The van der Waals surface area contributed by atoms with E-state index in [-0.39, 0.29) is 29.6 Å². The summed E-state index contributed by atoms with van der Waals surface area (Å²) in [5, 5.41) is 3.65. The number of aromatic nitrogens is 2. The third kappa shape index (κ3) is 11.7. The molecule has 0 spiro atoms. The van der Waals surface area contributed by atoms with Crippen LogP contribution in [0.3, 0.4) is 0 Å². The number of carbonyl (C=O) groups excluding carboxylic acids is 1. The number of unbranched alkanes of at least 4 members (excludes halogenated alkanes) is 11. The molecule has 2 aromatic rings. The number of nitrogens with one attached hydrogen (secondary N) is 1. The summed E-state index contributed by atoms with van der Waals surface area (Å²) in [5.74, 6) is -2.00. The van der Waals surface area contributed by atoms with E-state index in [0.717, 1.165) is 37.0 Å². The first-order valence-electron chi connectivity index (χ1n) is 17.0. The predicted molar refractivity (Wildman–Crippen MR) is 178 cm³/mol. The molecule has 6 nitrogen and oxygen atoms in total. The van der Waals surface area contributed by atoms with Crippen molar-refractivity contribution in [2.45, 2.75) is 156 Å². The minimum atomic E-state index is -0.897. The van der Waals surface area contributed by atoms with Gasteiger partial charge in [0, 0.05) is 23.1 Å². The summed E-state index contributed by atoms with van der Waals surface area (Å²) in [6.07, 6.45) is 18.0. The molecular weight excluding hydrogens is 578 g/mol. The highest BCUT2D eigenvalue weighted by atomic mass is 32.1. The van der Waals surface area contributed by atoms with E-state index in [9.17, 15) is 13.6 Å². The second kappa shape index (κ2) is 18.1. The summed E-state index contributed by atoms with van der Waals surface area (Å²) in [4.78, 5) is 23.8. The first-order chi connectivity index (χ1) is 21.0. The number of hydrogen-bond acceptors (Lipinski definition) is 6. The second-order valence-corrected chi connectivity index (χ2v) is 14.7. The number of nitrogens with zero attached hydrogens (tertiary/aromatic N) is 3. The van der Waals surface area contributed by atoms with Crippen LogP contribution < -0.4 is 10.2 Å². The van der Waals surface area contributed by atoms with E-state index in [0.29, 0.717) is 23.1 Å². The molecule has 2 aromatic heterocycles. The van der Waals surface area contributed by atoms with Crippen molar-refractivity contribution in [3.63, 3.8) is 0 Å². The number of rotatable bonds is 21. The lowest BCUT2D eigenvalue weighted by atomic mass is 9.67. The molecule has 9 heteroatoms. The highest BCUT2D eigenvalue weighted by Gasteiger charge is 2.40. The van der Waals surface area contributed by atoms with Crippen LogP contribution in [-0.4, -0.2) is 40.7 Å². The van der Waals surface area contributed by atoms with Crippen LogP contribution >= 0.6 is 11.3 Å². The van der Waals surface area contributed by atoms with Crippen LogP contribution in [-0.2, 0) is 4.74 Å². The number of anilines is 2. The third-order valence-corrected chi connectivity index (χ3v) is 9.84. The molecule has 1 amide bonds. The smallest absolute Gasteiger partial charge is 0.271 e. The molecule has 0 radical (unpaired) electrons. The zero-order valence-electron chi connectivity index (χ0n) is 28.0. The molecule has 1 aliphatic rings. The minimum Gasteiger partial charge on any atom is -0.374 e. The highest BCUT2D eigenvalue weighted by molar-refractivity contribution is 7.15. The Kier molecular flexibility index (Phi) is 15.0. The van der Waals surface area contributed by atoms with Crippen molar-refractivity contribution in [3.05, 3.63) is 34.6 Å². The Bertz CT molecular complexity index is 1140. The Labute approximate surface area is 268 Å². The lowest BCUT2D eigenvalue weighted by Gasteiger charge is -2.44. The highest BCUT2D eigenvalue weighted by Crippen LogP contribution is 2.40. The number of aryl methyl sites for hydroxylation is 1. The van der Waals surface area contributed by atoms with Crippen LogP contribution in [0.2, 0.25) is 0 Å². The van der Waals surface area contributed by atoms with Gasteiger partial charge in [-0.2, -0.15) is 13.8 Å². The lowest BCUT2D eigenvalue weighted by Crippen LogP contribution is -2.52. The van der Waals surface area contributed by atoms with Crippen molar-refractivity contribution in [1.82, 2.24) is 15.3 Å². The number of carbonyl (C=O) groups is 1. The standard InChI is InChI=1S/C35H56F2N4O2S/c1-7-8-9-10-11-12-13-14-15-16-17-18-19-28(43-25(2)3)24-41(27-22-30(36)39-31(37)23-27)34-40-32(26(4)44-34)33(42)38-29-20-21-35(29,5)6/h22-23,25,28-29H,7-21,24H2,1-6H3,(H,38,42). The number of thiazole rings is 1. The maximum atomic E-state index is 14.3. The van der Waals surface area contributed by atoms with Gasteiger partial charge in [-0.25, -0.2) is 4.98 Å². The largest absolute Gasteiger partial charge is 0.374 e. The van der Waals surface area contributed by atoms with Crippen molar-refractivity contribution < 1.29 is 18.3 Å². The first-order valence-corrected chi connectivity index (χ1v) is 17.9. The number of ether oxygens (including phenoxy) is 1. The van der Waals surface area contributed by atoms with Crippen molar-refractivity contribution in [2.75, 3.05) is 11.4 Å². The topological polar surface area (TPSA) is 67.4 Å². The molecule has 1 N–H and O–H groups in total. The van der Waals surface area contributed by atoms with Crippen molar-refractivity contribution in [3.8, 4) is 0 Å². The molecule has 0 aliphatic heterocycles. The molecule has 0 aromatic carbocycles. The van der Waals surface area contributed by atoms with Crippen molar-refractivity contribution in [2.24, 2.45) is 5.41 Å². The fourth-order valence-electron chi connectivity index (χ4n) is 5.97. The van der Waals surface area contributed by atoms with Crippen LogP contribution in [0.1, 0.15) is 146 Å². The van der Waals surface area contributed by atoms with Crippen molar-refractivity contribution >= 4 is 28.1 Å². The molecule has 1 saturated carbocycles. The fraction of sp³-hybridized carbons (Fsp3) is 0.743. The van der Waals surface area contributed by atoms with E-state index in [1.165, 1.54) is 87.7 Å². The number of amides is 1. The van der Waals surface area contributed by atoms with E-state index in [2.05, 4.69) is 31.1 Å². The Morgan fingerprint density at radius 2 is 1.57 bits per heavy atom. The predicted octanol–water partition coefficient (Wildman–Crippen LogP) is 10.1. The summed E-state index contributed by atoms with van der Waals surface area (Å²) < 4.78 is 34.9. The maximum absolute atomic E-state index is 14.3. The van der Waals surface area contributed by atoms with E-state index in [4.69, 9.17) is 9.72 Å². The molecule has 2 unspecified atom stereocenters. The first kappa shape index (κ1) is 36.3.